The van der Waals surface area contributed by atoms with Gasteiger partial charge in [0.25, 0.3) is 0 Å². The van der Waals surface area contributed by atoms with Crippen molar-refractivity contribution >= 4 is 60.5 Å². The fourth-order valence-electron chi connectivity index (χ4n) is 5.97. The molecule has 0 aliphatic carbocycles. The molecule has 0 radical (unpaired) electrons. The largest absolute Gasteiger partial charge is 0.453 e. The number of para-hydroxylation sites is 3. The van der Waals surface area contributed by atoms with Gasteiger partial charge in [-0.05, 0) is 69.6 Å². The van der Waals surface area contributed by atoms with Crippen LogP contribution in [0.25, 0.3) is 54.6 Å². The lowest BCUT2D eigenvalue weighted by molar-refractivity contribution is 0.670. The summed E-state index contributed by atoms with van der Waals surface area (Å²) in [6.07, 6.45) is 0. The summed E-state index contributed by atoms with van der Waals surface area (Å²) in [6.45, 7) is 0. The van der Waals surface area contributed by atoms with Crippen molar-refractivity contribution in [2.45, 2.75) is 0 Å². The Bertz CT molecular complexity index is 2120. The molecule has 8 aromatic rings. The van der Waals surface area contributed by atoms with Crippen molar-refractivity contribution in [2.24, 2.45) is 0 Å². The van der Waals surface area contributed by atoms with Crippen LogP contribution in [0.15, 0.2) is 156 Å². The Hall–Kier alpha value is -5.34. The van der Waals surface area contributed by atoms with Gasteiger partial charge in [-0.3, -0.25) is 0 Å². The molecule has 2 heteroatoms. The van der Waals surface area contributed by atoms with Gasteiger partial charge in [0.15, 0.2) is 5.58 Å². The Balaban J connectivity index is 1.46. The lowest BCUT2D eigenvalue weighted by Crippen LogP contribution is -2.09. The highest BCUT2D eigenvalue weighted by molar-refractivity contribution is 6.20. The van der Waals surface area contributed by atoms with Crippen LogP contribution in [0.3, 0.4) is 0 Å². The minimum atomic E-state index is 0.877. The highest BCUT2D eigenvalue weighted by Crippen LogP contribution is 2.46. The van der Waals surface area contributed by atoms with E-state index in [1.54, 1.807) is 0 Å². The second-order valence-corrected chi connectivity index (χ2v) is 10.2. The summed E-state index contributed by atoms with van der Waals surface area (Å²) in [7, 11) is 0. The van der Waals surface area contributed by atoms with Crippen LogP contribution in [0.1, 0.15) is 0 Å². The van der Waals surface area contributed by atoms with Crippen LogP contribution in [0, 0.1) is 0 Å². The quantitative estimate of drug-likeness (QED) is 0.234. The molecule has 0 saturated heterocycles. The summed E-state index contributed by atoms with van der Waals surface area (Å²) in [5, 5.41) is 7.08. The molecule has 188 valence electrons. The standard InChI is InChI=1S/C38H25NO/c1-3-15-30(16-4-1)39(31-17-5-2-6-18-31)35-21-11-20-33-34-25-28-14-9-10-19-32(28)36(38(34)40-37(33)35)29-23-22-26-12-7-8-13-27(26)24-29/h1-25H. The summed E-state index contributed by atoms with van der Waals surface area (Å²) in [4.78, 5) is 2.28. The molecule has 1 heterocycles. The molecule has 40 heavy (non-hydrogen) atoms. The Morgan fingerprint density at radius 1 is 0.400 bits per heavy atom. The highest BCUT2D eigenvalue weighted by Gasteiger charge is 2.22. The molecule has 0 aliphatic heterocycles. The van der Waals surface area contributed by atoms with Gasteiger partial charge in [0.05, 0.1) is 5.69 Å². The third-order valence-electron chi connectivity index (χ3n) is 7.80. The molecule has 7 aromatic carbocycles. The van der Waals surface area contributed by atoms with E-state index < -0.39 is 0 Å². The number of furan rings is 1. The predicted octanol–water partition coefficient (Wildman–Crippen LogP) is 11.0. The van der Waals surface area contributed by atoms with Crippen molar-refractivity contribution in [2.75, 3.05) is 4.90 Å². The van der Waals surface area contributed by atoms with E-state index in [9.17, 15) is 0 Å². The second-order valence-electron chi connectivity index (χ2n) is 10.2. The molecular formula is C38H25NO. The molecule has 0 atom stereocenters. The number of hydrogen-bond donors (Lipinski definition) is 0. The number of nitrogens with zero attached hydrogens (tertiary/aromatic N) is 1. The zero-order valence-corrected chi connectivity index (χ0v) is 21.8. The zero-order chi connectivity index (χ0) is 26.5. The van der Waals surface area contributed by atoms with Crippen molar-refractivity contribution in [3.63, 3.8) is 0 Å². The van der Waals surface area contributed by atoms with Crippen molar-refractivity contribution in [3.8, 4) is 11.1 Å². The zero-order valence-electron chi connectivity index (χ0n) is 21.8. The Morgan fingerprint density at radius 3 is 1.77 bits per heavy atom. The molecule has 0 unspecified atom stereocenters. The first-order valence-electron chi connectivity index (χ1n) is 13.6. The number of benzene rings is 7. The maximum absolute atomic E-state index is 6.97. The number of fused-ring (bicyclic) bond motifs is 5. The van der Waals surface area contributed by atoms with E-state index in [2.05, 4.69) is 157 Å². The fourth-order valence-corrected chi connectivity index (χ4v) is 5.97. The molecule has 0 spiro atoms. The molecule has 0 bridgehead atoms. The van der Waals surface area contributed by atoms with Crippen LogP contribution in [0.5, 0.6) is 0 Å². The number of anilines is 3. The van der Waals surface area contributed by atoms with Gasteiger partial charge in [-0.1, -0.05) is 109 Å². The average Bonchev–Trinajstić information content (AvgIpc) is 3.40. The van der Waals surface area contributed by atoms with Crippen molar-refractivity contribution in [1.82, 2.24) is 0 Å². The lowest BCUT2D eigenvalue weighted by Gasteiger charge is -2.25. The third-order valence-corrected chi connectivity index (χ3v) is 7.80. The van der Waals surface area contributed by atoms with Crippen molar-refractivity contribution < 1.29 is 4.42 Å². The summed E-state index contributed by atoms with van der Waals surface area (Å²) in [6, 6.07) is 53.6. The van der Waals surface area contributed by atoms with Gasteiger partial charge in [0, 0.05) is 27.7 Å². The van der Waals surface area contributed by atoms with Gasteiger partial charge in [-0.2, -0.15) is 0 Å². The summed E-state index contributed by atoms with van der Waals surface area (Å²) < 4.78 is 6.97. The molecule has 0 N–H and O–H groups in total. The van der Waals surface area contributed by atoms with Gasteiger partial charge in [0.2, 0.25) is 0 Å². The van der Waals surface area contributed by atoms with E-state index in [4.69, 9.17) is 4.42 Å². The first kappa shape index (κ1) is 22.6. The van der Waals surface area contributed by atoms with Gasteiger partial charge in [-0.15, -0.1) is 0 Å². The first-order valence-corrected chi connectivity index (χ1v) is 13.6. The van der Waals surface area contributed by atoms with Gasteiger partial charge < -0.3 is 9.32 Å². The topological polar surface area (TPSA) is 16.4 Å². The molecule has 0 amide bonds. The summed E-state index contributed by atoms with van der Waals surface area (Å²) in [5.74, 6) is 0. The molecule has 8 rings (SSSR count). The monoisotopic (exact) mass is 511 g/mol. The van der Waals surface area contributed by atoms with E-state index in [1.807, 2.05) is 0 Å². The van der Waals surface area contributed by atoms with E-state index in [0.717, 1.165) is 50.1 Å². The van der Waals surface area contributed by atoms with Crippen molar-refractivity contribution in [3.05, 3.63) is 152 Å². The fraction of sp³-hybridized carbons (Fsp3) is 0. The molecular weight excluding hydrogens is 486 g/mol. The van der Waals surface area contributed by atoms with E-state index in [-0.39, 0.29) is 0 Å². The minimum absolute atomic E-state index is 0.877. The smallest absolute Gasteiger partial charge is 0.159 e. The normalized spacial score (nSPS) is 11.5. The SMILES string of the molecule is c1ccc(N(c2ccccc2)c2cccc3c2oc2c(-c4ccc5ccccc5c4)c4ccccc4cc23)cc1. The maximum Gasteiger partial charge on any atom is 0.159 e. The number of rotatable bonds is 4. The third kappa shape index (κ3) is 3.58. The Morgan fingerprint density at radius 2 is 1.02 bits per heavy atom. The van der Waals surface area contributed by atoms with E-state index >= 15 is 0 Å². The maximum atomic E-state index is 6.97. The lowest BCUT2D eigenvalue weighted by atomic mass is 9.94. The summed E-state index contributed by atoms with van der Waals surface area (Å²) in [5.41, 5.74) is 7.26. The van der Waals surface area contributed by atoms with Crippen LogP contribution in [-0.4, -0.2) is 0 Å². The van der Waals surface area contributed by atoms with Crippen LogP contribution >= 0.6 is 0 Å². The van der Waals surface area contributed by atoms with Gasteiger partial charge in [0.1, 0.15) is 5.58 Å². The predicted molar refractivity (Wildman–Crippen MR) is 169 cm³/mol. The van der Waals surface area contributed by atoms with E-state index in [0.29, 0.717) is 0 Å². The molecule has 0 aliphatic rings. The van der Waals surface area contributed by atoms with Crippen molar-refractivity contribution in [1.29, 1.82) is 0 Å². The summed E-state index contributed by atoms with van der Waals surface area (Å²) >= 11 is 0. The Labute approximate surface area is 232 Å². The van der Waals surface area contributed by atoms with Crippen LogP contribution < -0.4 is 4.90 Å². The molecule has 1 aromatic heterocycles. The first-order chi connectivity index (χ1) is 19.8. The minimum Gasteiger partial charge on any atom is -0.453 e. The van der Waals surface area contributed by atoms with Crippen LogP contribution in [-0.2, 0) is 0 Å². The average molecular weight is 512 g/mol. The second kappa shape index (κ2) is 9.14. The Kier molecular flexibility index (Phi) is 5.17. The number of hydrogen-bond acceptors (Lipinski definition) is 2. The highest BCUT2D eigenvalue weighted by atomic mass is 16.3. The van der Waals surface area contributed by atoms with Crippen LogP contribution in [0.4, 0.5) is 17.1 Å². The van der Waals surface area contributed by atoms with Crippen LogP contribution in [0.2, 0.25) is 0 Å². The van der Waals surface area contributed by atoms with Gasteiger partial charge in [-0.25, -0.2) is 0 Å². The van der Waals surface area contributed by atoms with Gasteiger partial charge >= 0.3 is 0 Å². The van der Waals surface area contributed by atoms with E-state index in [1.165, 1.54) is 21.5 Å². The molecule has 0 saturated carbocycles. The molecule has 0 fully saturated rings. The molecule has 2 nitrogen and oxygen atoms in total.